The predicted octanol–water partition coefficient (Wildman–Crippen LogP) is 3.17. The summed E-state index contributed by atoms with van der Waals surface area (Å²) in [6, 6.07) is 11.8. The number of hydrogen-bond acceptors (Lipinski definition) is 5. The molecule has 1 fully saturated rings. The number of amides is 1. The van der Waals surface area contributed by atoms with Crippen molar-refractivity contribution < 1.29 is 19.0 Å². The summed E-state index contributed by atoms with van der Waals surface area (Å²) >= 11 is 0. The Hall–Kier alpha value is -3.06. The highest BCUT2D eigenvalue weighted by molar-refractivity contribution is 5.80. The highest BCUT2D eigenvalue weighted by atomic mass is 16.5. The van der Waals surface area contributed by atoms with E-state index in [1.165, 1.54) is 5.56 Å². The van der Waals surface area contributed by atoms with Gasteiger partial charge < -0.3 is 24.1 Å². The fourth-order valence-electron chi connectivity index (χ4n) is 3.35. The molecule has 7 nitrogen and oxygen atoms in total. The molecule has 2 heterocycles. The maximum Gasteiger partial charge on any atom is 0.260 e. The molecule has 0 aliphatic carbocycles. The highest BCUT2D eigenvalue weighted by Crippen LogP contribution is 2.32. The van der Waals surface area contributed by atoms with Crippen molar-refractivity contribution in [3.63, 3.8) is 0 Å². The van der Waals surface area contributed by atoms with E-state index in [0.29, 0.717) is 44.4 Å². The van der Waals surface area contributed by atoms with Crippen molar-refractivity contribution in [2.24, 2.45) is 0 Å². The Labute approximate surface area is 169 Å². The second-order valence-corrected chi connectivity index (χ2v) is 6.98. The Morgan fingerprint density at radius 2 is 1.97 bits per heavy atom. The largest absolute Gasteiger partial charge is 0.490 e. The quantitative estimate of drug-likeness (QED) is 0.694. The van der Waals surface area contributed by atoms with Gasteiger partial charge in [-0.3, -0.25) is 4.79 Å². The second kappa shape index (κ2) is 8.53. The zero-order valence-corrected chi connectivity index (χ0v) is 16.7. The SMILES string of the molecule is CCOc1cc(-c2nc3ccc(C)cc3[nH]2)ccc1OCC(=O)N1CCOCC1. The van der Waals surface area contributed by atoms with E-state index in [9.17, 15) is 4.79 Å². The van der Waals surface area contributed by atoms with E-state index >= 15 is 0 Å². The second-order valence-electron chi connectivity index (χ2n) is 6.98. The van der Waals surface area contributed by atoms with Crippen LogP contribution in [0.4, 0.5) is 0 Å². The normalized spacial score (nSPS) is 14.2. The fraction of sp³-hybridized carbons (Fsp3) is 0.364. The Morgan fingerprint density at radius 3 is 2.76 bits per heavy atom. The van der Waals surface area contributed by atoms with Gasteiger partial charge in [0.05, 0.1) is 30.9 Å². The number of H-pyrrole nitrogens is 1. The van der Waals surface area contributed by atoms with Gasteiger partial charge >= 0.3 is 0 Å². The molecule has 0 saturated carbocycles. The molecule has 4 rings (SSSR count). The lowest BCUT2D eigenvalue weighted by Crippen LogP contribution is -2.43. The zero-order chi connectivity index (χ0) is 20.2. The number of imidazole rings is 1. The van der Waals surface area contributed by atoms with Crippen LogP contribution in [0.25, 0.3) is 22.4 Å². The first kappa shape index (κ1) is 19.3. The van der Waals surface area contributed by atoms with Gasteiger partial charge in [0.15, 0.2) is 18.1 Å². The average Bonchev–Trinajstić information content (AvgIpc) is 3.16. The summed E-state index contributed by atoms with van der Waals surface area (Å²) in [5, 5.41) is 0. The average molecular weight is 395 g/mol. The van der Waals surface area contributed by atoms with Gasteiger partial charge in [0.2, 0.25) is 0 Å². The van der Waals surface area contributed by atoms with Crippen LogP contribution in [0.2, 0.25) is 0 Å². The molecule has 1 aromatic heterocycles. The lowest BCUT2D eigenvalue weighted by Gasteiger charge is -2.26. The summed E-state index contributed by atoms with van der Waals surface area (Å²) in [6.07, 6.45) is 0. The maximum absolute atomic E-state index is 12.3. The van der Waals surface area contributed by atoms with Gasteiger partial charge in [-0.05, 0) is 49.7 Å². The smallest absolute Gasteiger partial charge is 0.260 e. The number of benzene rings is 2. The van der Waals surface area contributed by atoms with Crippen molar-refractivity contribution in [2.75, 3.05) is 39.5 Å². The van der Waals surface area contributed by atoms with Crippen LogP contribution in [-0.2, 0) is 9.53 Å². The third-order valence-electron chi connectivity index (χ3n) is 4.87. The number of carbonyl (C=O) groups is 1. The first-order valence-corrected chi connectivity index (χ1v) is 9.86. The summed E-state index contributed by atoms with van der Waals surface area (Å²) in [5.41, 5.74) is 3.99. The van der Waals surface area contributed by atoms with Gasteiger partial charge in [-0.2, -0.15) is 0 Å². The monoisotopic (exact) mass is 395 g/mol. The van der Waals surface area contributed by atoms with E-state index in [0.717, 1.165) is 22.4 Å². The van der Waals surface area contributed by atoms with E-state index in [-0.39, 0.29) is 12.5 Å². The summed E-state index contributed by atoms with van der Waals surface area (Å²) in [6.45, 7) is 6.79. The molecule has 1 amide bonds. The molecule has 1 N–H and O–H groups in total. The highest BCUT2D eigenvalue weighted by Gasteiger charge is 2.18. The molecule has 0 atom stereocenters. The Kier molecular flexibility index (Phi) is 5.67. The molecule has 0 radical (unpaired) electrons. The van der Waals surface area contributed by atoms with Crippen molar-refractivity contribution in [3.05, 3.63) is 42.0 Å². The maximum atomic E-state index is 12.3. The molecule has 1 saturated heterocycles. The van der Waals surface area contributed by atoms with Crippen molar-refractivity contribution in [1.29, 1.82) is 0 Å². The van der Waals surface area contributed by atoms with E-state index in [1.54, 1.807) is 4.90 Å². The Balaban J connectivity index is 1.53. The number of morpholine rings is 1. The van der Waals surface area contributed by atoms with Crippen LogP contribution in [0.3, 0.4) is 0 Å². The number of nitrogens with zero attached hydrogens (tertiary/aromatic N) is 2. The molecule has 1 aliphatic rings. The minimum atomic E-state index is -0.0486. The summed E-state index contributed by atoms with van der Waals surface area (Å²) in [4.78, 5) is 22.1. The van der Waals surface area contributed by atoms with Crippen LogP contribution in [-0.4, -0.2) is 60.3 Å². The lowest BCUT2D eigenvalue weighted by molar-refractivity contribution is -0.137. The fourth-order valence-corrected chi connectivity index (χ4v) is 3.35. The molecular weight excluding hydrogens is 370 g/mol. The molecule has 7 heteroatoms. The number of carbonyl (C=O) groups excluding carboxylic acids is 1. The first-order valence-electron chi connectivity index (χ1n) is 9.86. The summed E-state index contributed by atoms with van der Waals surface area (Å²) in [5.74, 6) is 1.86. The van der Waals surface area contributed by atoms with Crippen molar-refractivity contribution in [3.8, 4) is 22.9 Å². The van der Waals surface area contributed by atoms with Gasteiger partial charge in [0, 0.05) is 18.7 Å². The van der Waals surface area contributed by atoms with Crippen molar-refractivity contribution in [2.45, 2.75) is 13.8 Å². The van der Waals surface area contributed by atoms with Crippen LogP contribution >= 0.6 is 0 Å². The summed E-state index contributed by atoms with van der Waals surface area (Å²) in [7, 11) is 0. The van der Waals surface area contributed by atoms with E-state index in [4.69, 9.17) is 14.2 Å². The standard InChI is InChI=1S/C22H25N3O4/c1-3-28-20-13-16(22-23-17-6-4-15(2)12-18(17)24-22)5-7-19(20)29-14-21(26)25-8-10-27-11-9-25/h4-7,12-13H,3,8-11,14H2,1-2H3,(H,23,24). The van der Waals surface area contributed by atoms with Crippen LogP contribution in [0.5, 0.6) is 11.5 Å². The number of ether oxygens (including phenoxy) is 3. The molecule has 0 bridgehead atoms. The number of aromatic nitrogens is 2. The van der Waals surface area contributed by atoms with E-state index < -0.39 is 0 Å². The molecule has 0 spiro atoms. The lowest BCUT2D eigenvalue weighted by atomic mass is 10.2. The van der Waals surface area contributed by atoms with Gasteiger partial charge in [-0.1, -0.05) is 6.07 Å². The number of aryl methyl sites for hydroxylation is 1. The number of hydrogen-bond donors (Lipinski definition) is 1. The van der Waals surface area contributed by atoms with Crippen LogP contribution in [0.15, 0.2) is 36.4 Å². The van der Waals surface area contributed by atoms with Crippen molar-refractivity contribution in [1.82, 2.24) is 14.9 Å². The molecule has 29 heavy (non-hydrogen) atoms. The predicted molar refractivity (Wildman–Crippen MR) is 110 cm³/mol. The molecule has 1 aliphatic heterocycles. The first-order chi connectivity index (χ1) is 14.1. The van der Waals surface area contributed by atoms with Gasteiger partial charge in [-0.15, -0.1) is 0 Å². The van der Waals surface area contributed by atoms with E-state index in [1.807, 2.05) is 37.3 Å². The summed E-state index contributed by atoms with van der Waals surface area (Å²) < 4.78 is 16.8. The Bertz CT molecular complexity index is 1010. The van der Waals surface area contributed by atoms with Gasteiger partial charge in [0.25, 0.3) is 5.91 Å². The molecule has 0 unspecified atom stereocenters. The Morgan fingerprint density at radius 1 is 1.14 bits per heavy atom. The van der Waals surface area contributed by atoms with E-state index in [2.05, 4.69) is 23.0 Å². The van der Waals surface area contributed by atoms with Gasteiger partial charge in [-0.25, -0.2) is 4.98 Å². The zero-order valence-electron chi connectivity index (χ0n) is 16.7. The van der Waals surface area contributed by atoms with Crippen molar-refractivity contribution >= 4 is 16.9 Å². The minimum absolute atomic E-state index is 0.0245. The van der Waals surface area contributed by atoms with Crippen LogP contribution in [0.1, 0.15) is 12.5 Å². The van der Waals surface area contributed by atoms with Crippen LogP contribution < -0.4 is 9.47 Å². The molecular formula is C22H25N3O4. The van der Waals surface area contributed by atoms with Crippen LogP contribution in [0, 0.1) is 6.92 Å². The number of fused-ring (bicyclic) bond motifs is 1. The minimum Gasteiger partial charge on any atom is -0.490 e. The molecule has 152 valence electrons. The number of aromatic amines is 1. The third kappa shape index (κ3) is 4.35. The number of rotatable bonds is 6. The molecule has 2 aromatic carbocycles. The topological polar surface area (TPSA) is 76.7 Å². The number of nitrogens with one attached hydrogen (secondary N) is 1. The third-order valence-corrected chi connectivity index (χ3v) is 4.87. The van der Waals surface area contributed by atoms with Gasteiger partial charge in [0.1, 0.15) is 5.82 Å². The molecule has 3 aromatic rings.